The first-order valence-corrected chi connectivity index (χ1v) is 9.78. The third kappa shape index (κ3) is 20.3. The van der Waals surface area contributed by atoms with Crippen molar-refractivity contribution in [3.8, 4) is 0 Å². The zero-order valence-electron chi connectivity index (χ0n) is 20.5. The number of hydrogen-bond donors (Lipinski definition) is 0. The fourth-order valence-electron chi connectivity index (χ4n) is 1.64. The van der Waals surface area contributed by atoms with Gasteiger partial charge in [0.1, 0.15) is 53.6 Å². The third-order valence-corrected chi connectivity index (χ3v) is 3.53. The average molecular weight is 688 g/mol. The first-order chi connectivity index (χ1) is 19.6. The molecule has 0 aromatic rings. The van der Waals surface area contributed by atoms with E-state index in [-0.39, 0.29) is 19.5 Å². The summed E-state index contributed by atoms with van der Waals surface area (Å²) in [6.07, 6.45) is -1.73. The molecule has 43 heavy (non-hydrogen) atoms. The van der Waals surface area contributed by atoms with E-state index in [1.165, 1.54) is 0 Å². The Morgan fingerprint density at radius 1 is 0.419 bits per heavy atom. The number of carboxylic acids is 3. The maximum Gasteiger partial charge on any atom is 3.00 e. The molecule has 0 aliphatic carbocycles. The van der Waals surface area contributed by atoms with Gasteiger partial charge in [0, 0.05) is 0 Å². The van der Waals surface area contributed by atoms with Crippen LogP contribution in [0.15, 0.2) is 34.9 Å². The predicted molar refractivity (Wildman–Crippen MR) is 117 cm³/mol. The molecule has 0 aliphatic rings. The van der Waals surface area contributed by atoms with Crippen LogP contribution in [0.25, 0.3) is 0 Å². The molecule has 0 atom stereocenters. The van der Waals surface area contributed by atoms with Gasteiger partial charge in [-0.1, -0.05) is 0 Å². The first-order valence-electron chi connectivity index (χ1n) is 9.78. The number of rotatable bonds is 15. The van der Waals surface area contributed by atoms with Gasteiger partial charge < -0.3 is 29.7 Å². The normalized spacial score (nSPS) is 7.81. The number of ketones is 6. The number of carbonyl (C=O) groups is 9. The van der Waals surface area contributed by atoms with Gasteiger partial charge in [-0.25, -0.2) is 28.8 Å². The van der Waals surface area contributed by atoms with Gasteiger partial charge in [-0.2, -0.15) is 0 Å². The summed E-state index contributed by atoms with van der Waals surface area (Å²) in [6.45, 7) is 0. The minimum Gasteiger partial charge on any atom is -0.542 e. The molecule has 0 spiro atoms. The Kier molecular flexibility index (Phi) is 25.2. The summed E-state index contributed by atoms with van der Waals surface area (Å²) in [5.41, 5.74) is -2.24. The molecule has 18 nitrogen and oxygen atoms in total. The molecular formula is C24H9O18Rh. The van der Waals surface area contributed by atoms with Crippen LogP contribution in [0.5, 0.6) is 0 Å². The van der Waals surface area contributed by atoms with Crippen molar-refractivity contribution in [1.29, 1.82) is 0 Å². The summed E-state index contributed by atoms with van der Waals surface area (Å²) in [5, 5.41) is 29.8. The second-order valence-electron chi connectivity index (χ2n) is 6.28. The molecule has 0 rings (SSSR count). The van der Waals surface area contributed by atoms with Crippen LogP contribution in [-0.4, -0.2) is 88.3 Å². The van der Waals surface area contributed by atoms with Gasteiger partial charge in [0.05, 0.1) is 54.2 Å². The van der Waals surface area contributed by atoms with Gasteiger partial charge in [0.2, 0.25) is 17.3 Å². The Hall–Kier alpha value is -6.25. The first kappa shape index (κ1) is 43.8. The number of allylic oxidation sites excluding steroid dienone is 6. The summed E-state index contributed by atoms with van der Waals surface area (Å²) < 4.78 is 0. The topological polar surface area (TPSA) is 325 Å². The van der Waals surface area contributed by atoms with E-state index in [2.05, 4.69) is 0 Å². The van der Waals surface area contributed by atoms with Crippen LogP contribution < -0.4 is 15.3 Å². The second-order valence-corrected chi connectivity index (χ2v) is 6.28. The minimum atomic E-state index is -2.01. The molecule has 0 radical (unpaired) electrons. The van der Waals surface area contributed by atoms with Crippen molar-refractivity contribution in [3.63, 3.8) is 0 Å². The molecule has 0 amide bonds. The Labute approximate surface area is 249 Å². The van der Waals surface area contributed by atoms with Gasteiger partial charge >= 0.3 is 19.5 Å². The van der Waals surface area contributed by atoms with Crippen LogP contribution >= 0.6 is 0 Å². The average Bonchev–Trinajstić information content (AvgIpc) is 2.93. The summed E-state index contributed by atoms with van der Waals surface area (Å²) in [5.74, 6) is -7.16. The summed E-state index contributed by atoms with van der Waals surface area (Å²) in [7, 11) is 0. The molecule has 0 heterocycles. The molecule has 19 heteroatoms. The predicted octanol–water partition coefficient (Wildman–Crippen LogP) is -7.77. The molecule has 0 saturated carbocycles. The fraction of sp³-hybridized carbons (Fsp3) is 0.125. The maximum atomic E-state index is 10.7. The largest absolute Gasteiger partial charge is 3.00 e. The summed E-state index contributed by atoms with van der Waals surface area (Å²) in [4.78, 5) is 153. The van der Waals surface area contributed by atoms with Gasteiger partial charge in [-0.15, -0.1) is 0 Å². The Bertz CT molecular complexity index is 1320. The van der Waals surface area contributed by atoms with E-state index in [9.17, 15) is 87.2 Å². The molecule has 0 fully saturated rings. The number of aliphatic carboxylic acids is 3. The van der Waals surface area contributed by atoms with Crippen molar-refractivity contribution in [2.75, 3.05) is 0 Å². The number of hydrogen-bond acceptors (Lipinski definition) is 18. The van der Waals surface area contributed by atoms with E-state index in [4.69, 9.17) is 0 Å². The van der Waals surface area contributed by atoms with E-state index in [1.807, 2.05) is 0 Å². The van der Waals surface area contributed by atoms with Crippen molar-refractivity contribution >= 4 is 88.3 Å². The Morgan fingerprint density at radius 3 is 0.721 bits per heavy atom. The molecule has 0 aromatic heterocycles. The Balaban J connectivity index is -0.000000262. The molecule has 0 saturated heterocycles. The van der Waals surface area contributed by atoms with Crippen molar-refractivity contribution in [1.82, 2.24) is 0 Å². The zero-order valence-corrected chi connectivity index (χ0v) is 22.2. The van der Waals surface area contributed by atoms with E-state index in [1.54, 1.807) is 0 Å². The van der Waals surface area contributed by atoms with Crippen LogP contribution in [0.1, 0.15) is 19.3 Å². The van der Waals surface area contributed by atoms with Crippen molar-refractivity contribution in [3.05, 3.63) is 34.9 Å². The van der Waals surface area contributed by atoms with Crippen LogP contribution in [0.3, 0.4) is 0 Å². The van der Waals surface area contributed by atoms with Crippen LogP contribution in [0, 0.1) is 0 Å². The van der Waals surface area contributed by atoms with Gasteiger partial charge in [-0.05, 0) is 0 Å². The molecule has 0 bridgehead atoms. The molecule has 0 aromatic carbocycles. The summed E-state index contributed by atoms with van der Waals surface area (Å²) in [6, 6.07) is 0. The van der Waals surface area contributed by atoms with Crippen molar-refractivity contribution in [2.24, 2.45) is 0 Å². The van der Waals surface area contributed by atoms with E-state index >= 15 is 0 Å². The smallest absolute Gasteiger partial charge is 0.542 e. The molecule has 0 unspecified atom stereocenters. The third-order valence-electron chi connectivity index (χ3n) is 3.53. The van der Waals surface area contributed by atoms with Gasteiger partial charge in [0.15, 0.2) is 17.3 Å². The number of carbonyl (C=O) groups excluding carboxylic acids is 15. The van der Waals surface area contributed by atoms with E-state index in [0.717, 1.165) is 35.6 Å². The van der Waals surface area contributed by atoms with E-state index < -0.39 is 88.6 Å². The van der Waals surface area contributed by atoms with Gasteiger partial charge in [-0.3, -0.25) is 28.8 Å². The van der Waals surface area contributed by atoms with Crippen LogP contribution in [0.4, 0.5) is 0 Å². The minimum absolute atomic E-state index is 0. The molecule has 0 N–H and O–H groups in total. The fourth-order valence-corrected chi connectivity index (χ4v) is 1.64. The maximum absolute atomic E-state index is 10.7. The van der Waals surface area contributed by atoms with Crippen LogP contribution in [0.2, 0.25) is 0 Å². The van der Waals surface area contributed by atoms with Crippen LogP contribution in [-0.2, 0) is 91.4 Å². The monoisotopic (exact) mass is 688 g/mol. The van der Waals surface area contributed by atoms with Crippen molar-refractivity contribution in [2.45, 2.75) is 19.3 Å². The van der Waals surface area contributed by atoms with Crippen molar-refractivity contribution < 1.29 is 107 Å². The molecule has 222 valence electrons. The number of carboxylic acid groups (broad SMARTS) is 3. The summed E-state index contributed by atoms with van der Waals surface area (Å²) >= 11 is 0. The number of Topliss-reactive ketones (excluding diaryl/α,β-unsaturated/α-hetero) is 3. The SMILES string of the molecule is O=C=CC(=O)C(=C=O)CC(=O)C(=O)[O-].O=C=CC(=O)C(=C=O)CC(=O)C(=O)[O-].O=C=CC(=O)C(=C=O)CC(=O)C(=O)[O-].[Rh+3]. The second kappa shape index (κ2) is 24.8. The molecule has 0 aliphatic heterocycles. The molecular weight excluding hydrogens is 679 g/mol. The Morgan fingerprint density at radius 2 is 0.605 bits per heavy atom. The standard InChI is InChI=1S/3C8H4O6.Rh/c3*9-2-1-6(11)5(4-10)3-7(12)8(13)14;/h3*1H,3H2,(H,13,14);/q;;;+3/p-3. The zero-order chi connectivity index (χ0) is 33.4. The quantitative estimate of drug-likeness (QED) is 0.0667. The van der Waals surface area contributed by atoms with Gasteiger partial charge in [0.25, 0.3) is 0 Å². The van der Waals surface area contributed by atoms with E-state index in [0.29, 0.717) is 18.2 Å².